The van der Waals surface area contributed by atoms with Crippen LogP contribution in [0.2, 0.25) is 0 Å². The number of hydrogen-bond donors (Lipinski definition) is 1. The van der Waals surface area contributed by atoms with Crippen molar-refractivity contribution in [2.45, 2.75) is 32.3 Å². The van der Waals surface area contributed by atoms with Crippen molar-refractivity contribution in [2.24, 2.45) is 0 Å². The number of fused-ring (bicyclic) bond motifs is 1. The summed E-state index contributed by atoms with van der Waals surface area (Å²) in [4.78, 5) is 18.5. The first-order chi connectivity index (χ1) is 14.2. The molecular weight excluding hydrogens is 368 g/mol. The molecule has 1 aromatic carbocycles. The molecule has 0 saturated carbocycles. The summed E-state index contributed by atoms with van der Waals surface area (Å²) < 4.78 is 11.3. The molecule has 2 aliphatic heterocycles. The number of rotatable bonds is 4. The molecule has 3 heterocycles. The molecule has 0 spiro atoms. The molecule has 4 rings (SSSR count). The topological polar surface area (TPSA) is 101 Å². The van der Waals surface area contributed by atoms with Crippen molar-refractivity contribution >= 4 is 11.7 Å². The second kappa shape index (κ2) is 8.50. The first kappa shape index (κ1) is 19.2. The third kappa shape index (κ3) is 4.03. The Kier molecular flexibility index (Phi) is 5.63. The predicted octanol–water partition coefficient (Wildman–Crippen LogP) is 2.67. The van der Waals surface area contributed by atoms with Gasteiger partial charge in [-0.05, 0) is 37.0 Å². The van der Waals surface area contributed by atoms with Crippen molar-refractivity contribution in [3.8, 4) is 22.9 Å². The number of ether oxygens (including phenoxy) is 2. The van der Waals surface area contributed by atoms with Gasteiger partial charge in [0.2, 0.25) is 0 Å². The number of nitrogens with zero attached hydrogens (tertiary/aromatic N) is 3. The highest BCUT2D eigenvalue weighted by Gasteiger charge is 2.22. The number of benzene rings is 1. The number of carbonyl (C=O) groups is 1. The molecule has 2 aromatic rings. The summed E-state index contributed by atoms with van der Waals surface area (Å²) in [6.07, 6.45) is 3.98. The van der Waals surface area contributed by atoms with Crippen LogP contribution in [-0.4, -0.2) is 42.1 Å². The quantitative estimate of drug-likeness (QED) is 0.858. The largest absolute Gasteiger partial charge is 0.484 e. The number of amides is 1. The van der Waals surface area contributed by atoms with Gasteiger partial charge >= 0.3 is 0 Å². The van der Waals surface area contributed by atoms with Crippen LogP contribution >= 0.6 is 0 Å². The fourth-order valence-corrected chi connectivity index (χ4v) is 3.93. The van der Waals surface area contributed by atoms with Gasteiger partial charge in [-0.1, -0.05) is 12.1 Å². The Morgan fingerprint density at radius 3 is 2.72 bits per heavy atom. The first-order valence-corrected chi connectivity index (χ1v) is 9.97. The molecule has 7 nitrogen and oxygen atoms in total. The molecule has 0 atom stereocenters. The van der Waals surface area contributed by atoms with Crippen molar-refractivity contribution in [2.75, 3.05) is 32.0 Å². The molecule has 0 aliphatic carbocycles. The van der Waals surface area contributed by atoms with Gasteiger partial charge in [-0.25, -0.2) is 4.98 Å². The highest BCUT2D eigenvalue weighted by atomic mass is 16.5. The number of pyridine rings is 1. The Morgan fingerprint density at radius 1 is 1.24 bits per heavy atom. The molecule has 7 heteroatoms. The minimum atomic E-state index is 0.0219. The normalized spacial score (nSPS) is 16.0. The van der Waals surface area contributed by atoms with Gasteiger partial charge < -0.3 is 20.1 Å². The summed E-state index contributed by atoms with van der Waals surface area (Å²) in [6.45, 7) is 2.68. The maximum atomic E-state index is 12.3. The molecule has 0 radical (unpaired) electrons. The second-order valence-electron chi connectivity index (χ2n) is 7.34. The van der Waals surface area contributed by atoms with E-state index in [9.17, 15) is 10.1 Å². The van der Waals surface area contributed by atoms with E-state index in [1.807, 2.05) is 29.2 Å². The fraction of sp³-hybridized carbons (Fsp3) is 0.409. The van der Waals surface area contributed by atoms with Gasteiger partial charge in [-0.3, -0.25) is 4.79 Å². The van der Waals surface area contributed by atoms with E-state index in [-0.39, 0.29) is 18.3 Å². The van der Waals surface area contributed by atoms with Gasteiger partial charge in [0.15, 0.2) is 6.61 Å². The summed E-state index contributed by atoms with van der Waals surface area (Å²) >= 11 is 0. The number of nitrogens with two attached hydrogens (primary N) is 1. The van der Waals surface area contributed by atoms with E-state index in [4.69, 9.17) is 15.2 Å². The summed E-state index contributed by atoms with van der Waals surface area (Å²) in [6, 6.07) is 9.56. The molecule has 1 fully saturated rings. The molecule has 2 N–H and O–H groups in total. The molecular formula is C22H24N4O3. The van der Waals surface area contributed by atoms with Crippen molar-refractivity contribution in [1.29, 1.82) is 5.26 Å². The number of aromatic nitrogens is 1. The molecule has 150 valence electrons. The van der Waals surface area contributed by atoms with Crippen LogP contribution < -0.4 is 10.5 Å². The average molecular weight is 392 g/mol. The van der Waals surface area contributed by atoms with E-state index in [1.54, 1.807) is 0 Å². The number of nitriles is 1. The monoisotopic (exact) mass is 392 g/mol. The molecule has 29 heavy (non-hydrogen) atoms. The van der Waals surface area contributed by atoms with E-state index in [0.29, 0.717) is 30.9 Å². The molecule has 1 amide bonds. The lowest BCUT2D eigenvalue weighted by atomic mass is 9.93. The minimum absolute atomic E-state index is 0.0219. The van der Waals surface area contributed by atoms with Crippen LogP contribution in [0.15, 0.2) is 24.3 Å². The molecule has 0 unspecified atom stereocenters. The highest BCUT2D eigenvalue weighted by Crippen LogP contribution is 2.35. The van der Waals surface area contributed by atoms with Gasteiger partial charge in [0.05, 0.1) is 18.9 Å². The maximum Gasteiger partial charge on any atom is 0.260 e. The van der Waals surface area contributed by atoms with Gasteiger partial charge in [-0.2, -0.15) is 5.26 Å². The lowest BCUT2D eigenvalue weighted by molar-refractivity contribution is -0.134. The summed E-state index contributed by atoms with van der Waals surface area (Å²) in [5.41, 5.74) is 9.82. The SMILES string of the molecule is N#Cc1c(N)nc2c(c1-c1ccc(OCC(=O)N3CCCCC3)cc1)COCC2. The third-order valence-corrected chi connectivity index (χ3v) is 5.47. The molecule has 2 aliphatic rings. The van der Waals surface area contributed by atoms with Crippen LogP contribution in [0.25, 0.3) is 11.1 Å². The summed E-state index contributed by atoms with van der Waals surface area (Å²) in [7, 11) is 0. The van der Waals surface area contributed by atoms with Crippen LogP contribution in [0.4, 0.5) is 5.82 Å². The fourth-order valence-electron chi connectivity index (χ4n) is 3.93. The van der Waals surface area contributed by atoms with Crippen LogP contribution in [0.3, 0.4) is 0 Å². The zero-order valence-corrected chi connectivity index (χ0v) is 16.3. The van der Waals surface area contributed by atoms with Crippen LogP contribution in [0.5, 0.6) is 5.75 Å². The predicted molar refractivity (Wildman–Crippen MR) is 108 cm³/mol. The highest BCUT2D eigenvalue weighted by molar-refractivity contribution is 5.80. The standard InChI is InChI=1S/C22H24N4O3/c23-12-17-21(18-13-28-11-8-19(18)25-22(17)24)15-4-6-16(7-5-15)29-14-20(27)26-9-2-1-3-10-26/h4-7H,1-3,8-11,13-14H2,(H2,24,25). The Bertz CT molecular complexity index is 944. The van der Waals surface area contributed by atoms with Gasteiger partial charge in [0.25, 0.3) is 5.91 Å². The number of carbonyl (C=O) groups excluding carboxylic acids is 1. The Labute approximate surface area is 170 Å². The number of anilines is 1. The lowest BCUT2D eigenvalue weighted by Crippen LogP contribution is -2.38. The van der Waals surface area contributed by atoms with E-state index in [0.717, 1.165) is 48.3 Å². The lowest BCUT2D eigenvalue weighted by Gasteiger charge is -2.26. The Balaban J connectivity index is 1.53. The second-order valence-corrected chi connectivity index (χ2v) is 7.34. The van der Waals surface area contributed by atoms with E-state index in [1.165, 1.54) is 6.42 Å². The zero-order valence-electron chi connectivity index (χ0n) is 16.3. The zero-order chi connectivity index (χ0) is 20.2. The molecule has 1 aromatic heterocycles. The first-order valence-electron chi connectivity index (χ1n) is 9.97. The smallest absolute Gasteiger partial charge is 0.260 e. The van der Waals surface area contributed by atoms with Gasteiger partial charge in [0, 0.05) is 30.6 Å². The van der Waals surface area contributed by atoms with E-state index < -0.39 is 0 Å². The summed E-state index contributed by atoms with van der Waals surface area (Å²) in [5.74, 6) is 0.883. The minimum Gasteiger partial charge on any atom is -0.484 e. The van der Waals surface area contributed by atoms with Crippen molar-refractivity contribution < 1.29 is 14.3 Å². The van der Waals surface area contributed by atoms with Crippen molar-refractivity contribution in [3.63, 3.8) is 0 Å². The van der Waals surface area contributed by atoms with Crippen LogP contribution in [-0.2, 0) is 22.6 Å². The molecule has 1 saturated heterocycles. The average Bonchev–Trinajstić information content (AvgIpc) is 2.77. The molecule has 0 bridgehead atoms. The van der Waals surface area contributed by atoms with Crippen LogP contribution in [0.1, 0.15) is 36.1 Å². The van der Waals surface area contributed by atoms with Crippen LogP contribution in [0, 0.1) is 11.3 Å². The Hall–Kier alpha value is -3.11. The number of nitrogen functional groups attached to an aromatic ring is 1. The number of piperidine rings is 1. The number of likely N-dealkylation sites (tertiary alicyclic amines) is 1. The Morgan fingerprint density at radius 2 is 2.00 bits per heavy atom. The maximum absolute atomic E-state index is 12.3. The third-order valence-electron chi connectivity index (χ3n) is 5.47. The summed E-state index contributed by atoms with van der Waals surface area (Å²) in [5, 5.41) is 9.61. The van der Waals surface area contributed by atoms with E-state index in [2.05, 4.69) is 11.1 Å². The van der Waals surface area contributed by atoms with E-state index >= 15 is 0 Å². The van der Waals surface area contributed by atoms with Crippen molar-refractivity contribution in [3.05, 3.63) is 41.1 Å². The van der Waals surface area contributed by atoms with Gasteiger partial charge in [0.1, 0.15) is 23.2 Å². The van der Waals surface area contributed by atoms with Crippen molar-refractivity contribution in [1.82, 2.24) is 9.88 Å². The van der Waals surface area contributed by atoms with Gasteiger partial charge in [-0.15, -0.1) is 0 Å². The number of hydrogen-bond acceptors (Lipinski definition) is 6.